The Labute approximate surface area is 224 Å². The lowest BCUT2D eigenvalue weighted by molar-refractivity contribution is 0.261. The molecule has 11 heteroatoms. The highest BCUT2D eigenvalue weighted by molar-refractivity contribution is 6.31. The number of ether oxygens (including phenoxy) is 1. The van der Waals surface area contributed by atoms with Crippen LogP contribution in [-0.2, 0) is 0 Å². The molecule has 0 atom stereocenters. The Balaban J connectivity index is 1.27. The number of nitrogens with zero attached hydrogens (tertiary/aromatic N) is 6. The van der Waals surface area contributed by atoms with E-state index in [1.165, 1.54) is 19.2 Å². The first-order valence-corrected chi connectivity index (χ1v) is 13.1. The van der Waals surface area contributed by atoms with Crippen molar-refractivity contribution < 1.29 is 9.15 Å². The van der Waals surface area contributed by atoms with Crippen molar-refractivity contribution in [3.05, 3.63) is 47.7 Å². The number of hydrogen-bond acceptors (Lipinski definition) is 9. The highest BCUT2D eigenvalue weighted by atomic mass is 35.5. The number of fused-ring (bicyclic) bond motifs is 2. The zero-order chi connectivity index (χ0) is 26.2. The Morgan fingerprint density at radius 3 is 2.71 bits per heavy atom. The molecular formula is C27H29ClN8O2. The van der Waals surface area contributed by atoms with E-state index >= 15 is 0 Å². The van der Waals surface area contributed by atoms with Gasteiger partial charge in [0.25, 0.3) is 6.01 Å². The Morgan fingerprint density at radius 2 is 1.95 bits per heavy atom. The van der Waals surface area contributed by atoms with E-state index in [1.807, 2.05) is 47.9 Å². The number of hydrogen-bond donors (Lipinski definition) is 2. The number of benzene rings is 2. The molecule has 38 heavy (non-hydrogen) atoms. The third-order valence-electron chi connectivity index (χ3n) is 6.82. The van der Waals surface area contributed by atoms with Crippen molar-refractivity contribution >= 4 is 51.3 Å². The first kappa shape index (κ1) is 24.4. The maximum Gasteiger partial charge on any atom is 0.300 e. The summed E-state index contributed by atoms with van der Waals surface area (Å²) < 4.78 is 13.9. The highest BCUT2D eigenvalue weighted by Gasteiger charge is 2.24. The van der Waals surface area contributed by atoms with E-state index in [0.717, 1.165) is 47.4 Å². The molecule has 3 heterocycles. The third kappa shape index (κ3) is 4.72. The molecule has 6 rings (SSSR count). The maximum atomic E-state index is 6.29. The summed E-state index contributed by atoms with van der Waals surface area (Å²) in [6, 6.07) is 12.1. The zero-order valence-corrected chi connectivity index (χ0v) is 22.1. The fourth-order valence-electron chi connectivity index (χ4n) is 4.90. The number of halogens is 1. The number of nitrogens with one attached hydrogen (secondary N) is 1. The number of nitrogen functional groups attached to an aromatic ring is 1. The van der Waals surface area contributed by atoms with Crippen molar-refractivity contribution in [3.63, 3.8) is 0 Å². The Kier molecular flexibility index (Phi) is 6.50. The van der Waals surface area contributed by atoms with Crippen molar-refractivity contribution in [2.24, 2.45) is 0 Å². The summed E-state index contributed by atoms with van der Waals surface area (Å²) >= 11 is 6.29. The van der Waals surface area contributed by atoms with Crippen molar-refractivity contribution in [2.45, 2.75) is 31.7 Å². The average Bonchev–Trinajstić information content (AvgIpc) is 3.63. The van der Waals surface area contributed by atoms with Gasteiger partial charge >= 0.3 is 0 Å². The predicted molar refractivity (Wildman–Crippen MR) is 149 cm³/mol. The van der Waals surface area contributed by atoms with Crippen molar-refractivity contribution in [3.8, 4) is 17.0 Å². The van der Waals surface area contributed by atoms with Crippen molar-refractivity contribution in [1.82, 2.24) is 29.6 Å². The van der Waals surface area contributed by atoms with E-state index in [1.54, 1.807) is 12.1 Å². The fraction of sp³-hybridized carbons (Fsp3) is 0.333. The van der Waals surface area contributed by atoms with Gasteiger partial charge in [-0.05, 0) is 45.1 Å². The van der Waals surface area contributed by atoms with Crippen LogP contribution in [0.2, 0.25) is 5.02 Å². The van der Waals surface area contributed by atoms with E-state index in [9.17, 15) is 0 Å². The summed E-state index contributed by atoms with van der Waals surface area (Å²) in [5, 5.41) is 9.51. The number of aromatic nitrogens is 5. The SMILES string of the molecule is CN(C)CCOc1cc(Cl)cc2nc(Nc3ccc(-c4nn(C5CCCC5)c5ncnc(N)c45)cc3)oc12. The van der Waals surface area contributed by atoms with Crippen LogP contribution < -0.4 is 15.8 Å². The molecule has 0 radical (unpaired) electrons. The molecule has 5 aromatic rings. The molecule has 0 amide bonds. The molecule has 1 aliphatic rings. The normalized spacial score (nSPS) is 14.2. The molecule has 1 fully saturated rings. The summed E-state index contributed by atoms with van der Waals surface area (Å²) in [6.45, 7) is 1.28. The Bertz CT molecular complexity index is 1590. The van der Waals surface area contributed by atoms with E-state index < -0.39 is 0 Å². The number of oxazole rings is 1. The van der Waals surface area contributed by atoms with Gasteiger partial charge in [-0.2, -0.15) is 10.1 Å². The molecule has 1 saturated carbocycles. The van der Waals surface area contributed by atoms with Crippen LogP contribution in [0.3, 0.4) is 0 Å². The van der Waals surface area contributed by atoms with E-state index in [2.05, 4.69) is 20.3 Å². The van der Waals surface area contributed by atoms with Gasteiger partial charge in [0.2, 0.25) is 0 Å². The highest BCUT2D eigenvalue weighted by Crippen LogP contribution is 2.37. The molecule has 196 valence electrons. The summed E-state index contributed by atoms with van der Waals surface area (Å²) in [5.74, 6) is 1.000. The van der Waals surface area contributed by atoms with Gasteiger partial charge in [-0.25, -0.2) is 14.6 Å². The smallest absolute Gasteiger partial charge is 0.300 e. The van der Waals surface area contributed by atoms with Crippen LogP contribution in [0, 0.1) is 0 Å². The lowest BCUT2D eigenvalue weighted by Crippen LogP contribution is -2.19. The lowest BCUT2D eigenvalue weighted by Gasteiger charge is -2.11. The van der Waals surface area contributed by atoms with E-state index in [-0.39, 0.29) is 0 Å². The predicted octanol–water partition coefficient (Wildman–Crippen LogP) is 5.67. The van der Waals surface area contributed by atoms with E-state index in [0.29, 0.717) is 46.4 Å². The molecular weight excluding hydrogens is 504 g/mol. The Morgan fingerprint density at radius 1 is 1.16 bits per heavy atom. The minimum Gasteiger partial charge on any atom is -0.488 e. The third-order valence-corrected chi connectivity index (χ3v) is 7.03. The Hall–Kier alpha value is -3.89. The topological polar surface area (TPSA) is 120 Å². The second-order valence-corrected chi connectivity index (χ2v) is 10.3. The van der Waals surface area contributed by atoms with Gasteiger partial charge in [0, 0.05) is 28.9 Å². The molecule has 0 unspecified atom stereocenters. The molecule has 0 spiro atoms. The van der Waals surface area contributed by atoms with Crippen molar-refractivity contribution in [1.29, 1.82) is 0 Å². The molecule has 1 aliphatic carbocycles. The van der Waals surface area contributed by atoms with Crippen LogP contribution >= 0.6 is 11.6 Å². The molecule has 0 saturated heterocycles. The molecule has 10 nitrogen and oxygen atoms in total. The zero-order valence-electron chi connectivity index (χ0n) is 21.3. The van der Waals surface area contributed by atoms with Crippen LogP contribution in [0.5, 0.6) is 5.75 Å². The maximum absolute atomic E-state index is 6.29. The second kappa shape index (κ2) is 10.1. The number of rotatable bonds is 8. The first-order valence-electron chi connectivity index (χ1n) is 12.7. The van der Waals surface area contributed by atoms with Gasteiger partial charge in [-0.15, -0.1) is 0 Å². The number of likely N-dealkylation sites (N-methyl/N-ethyl adjacent to an activating group) is 1. The summed E-state index contributed by atoms with van der Waals surface area (Å²) in [4.78, 5) is 15.3. The van der Waals surface area contributed by atoms with Crippen LogP contribution in [0.25, 0.3) is 33.4 Å². The molecule has 2 aromatic carbocycles. The van der Waals surface area contributed by atoms with Gasteiger partial charge in [-0.1, -0.05) is 36.6 Å². The van der Waals surface area contributed by atoms with Crippen LogP contribution in [0.4, 0.5) is 17.5 Å². The first-order chi connectivity index (χ1) is 18.5. The van der Waals surface area contributed by atoms with Crippen LogP contribution in [-0.4, -0.2) is 56.9 Å². The van der Waals surface area contributed by atoms with Gasteiger partial charge in [0.1, 0.15) is 30.0 Å². The van der Waals surface area contributed by atoms with E-state index in [4.69, 9.17) is 31.6 Å². The minimum absolute atomic E-state index is 0.339. The summed E-state index contributed by atoms with van der Waals surface area (Å²) in [7, 11) is 3.98. The molecule has 3 N–H and O–H groups in total. The standard InChI is InChI=1S/C27H29ClN8O2/c1-35(2)11-12-37-21-14-17(28)13-20-24(21)38-27(33-20)32-18-9-7-16(8-10-18)23-22-25(29)30-15-31-26(22)36(34-23)19-5-3-4-6-19/h7-10,13-15,19H,3-6,11-12H2,1-2H3,(H,32,33)(H2,29,30,31). The summed E-state index contributed by atoms with van der Waals surface area (Å²) in [6.07, 6.45) is 6.11. The minimum atomic E-state index is 0.339. The lowest BCUT2D eigenvalue weighted by atomic mass is 10.1. The van der Waals surface area contributed by atoms with Crippen LogP contribution in [0.15, 0.2) is 47.1 Å². The summed E-state index contributed by atoms with van der Waals surface area (Å²) in [5.41, 5.74) is 10.8. The second-order valence-electron chi connectivity index (χ2n) is 9.81. The van der Waals surface area contributed by atoms with Gasteiger partial charge < -0.3 is 25.1 Å². The van der Waals surface area contributed by atoms with Crippen LogP contribution in [0.1, 0.15) is 31.7 Å². The molecule has 0 aliphatic heterocycles. The van der Waals surface area contributed by atoms with Crippen molar-refractivity contribution in [2.75, 3.05) is 38.3 Å². The monoisotopic (exact) mass is 532 g/mol. The fourth-order valence-corrected chi connectivity index (χ4v) is 5.11. The van der Waals surface area contributed by atoms with Gasteiger partial charge in [-0.3, -0.25) is 0 Å². The van der Waals surface area contributed by atoms with Gasteiger partial charge in [0.05, 0.1) is 11.4 Å². The largest absolute Gasteiger partial charge is 0.488 e. The average molecular weight is 533 g/mol. The van der Waals surface area contributed by atoms with Gasteiger partial charge in [0.15, 0.2) is 17.0 Å². The quantitative estimate of drug-likeness (QED) is 0.260. The number of nitrogens with two attached hydrogens (primary N) is 1. The molecule has 0 bridgehead atoms. The number of anilines is 3. The molecule has 3 aromatic heterocycles.